The molecule has 1 aliphatic heterocycles. The van der Waals surface area contributed by atoms with E-state index in [-0.39, 0.29) is 0 Å². The summed E-state index contributed by atoms with van der Waals surface area (Å²) in [6, 6.07) is 0. The van der Waals surface area contributed by atoms with Crippen LogP contribution in [0.4, 0.5) is 0 Å². The number of rotatable bonds is 6. The van der Waals surface area contributed by atoms with Crippen LogP contribution >= 0.6 is 0 Å². The molecule has 1 N–H and O–H groups in total. The number of nitrogens with zero attached hydrogens (tertiary/aromatic N) is 3. The summed E-state index contributed by atoms with van der Waals surface area (Å²) in [5, 5.41) is 13.7. The highest BCUT2D eigenvalue weighted by atomic mass is 16.4. The molecule has 0 aromatic carbocycles. The van der Waals surface area contributed by atoms with Gasteiger partial charge in [0.15, 0.2) is 0 Å². The quantitative estimate of drug-likeness (QED) is 0.868. The topological polar surface area (TPSA) is 58.4 Å². The summed E-state index contributed by atoms with van der Waals surface area (Å²) in [7, 11) is 0. The first-order valence-corrected chi connectivity index (χ1v) is 7.56. The van der Waals surface area contributed by atoms with Crippen molar-refractivity contribution in [3.8, 4) is 0 Å². The van der Waals surface area contributed by atoms with Crippen molar-refractivity contribution in [1.82, 2.24) is 14.7 Å². The summed E-state index contributed by atoms with van der Waals surface area (Å²) in [6.45, 7) is 7.68. The van der Waals surface area contributed by atoms with Gasteiger partial charge in [-0.1, -0.05) is 13.8 Å². The summed E-state index contributed by atoms with van der Waals surface area (Å²) in [5.74, 6) is -0.629. The summed E-state index contributed by atoms with van der Waals surface area (Å²) >= 11 is 0. The number of carboxylic acid groups (broad SMARTS) is 1. The maximum Gasteiger partial charge on any atom is 0.309 e. The number of hydrogen-bond donors (Lipinski definition) is 1. The Morgan fingerprint density at radius 2 is 2.10 bits per heavy atom. The second-order valence-electron chi connectivity index (χ2n) is 5.83. The number of piperidine rings is 1. The van der Waals surface area contributed by atoms with E-state index in [2.05, 4.69) is 23.1 Å². The van der Waals surface area contributed by atoms with Crippen LogP contribution in [0.1, 0.15) is 45.1 Å². The van der Waals surface area contributed by atoms with Gasteiger partial charge >= 0.3 is 5.97 Å². The average Bonchev–Trinajstić information content (AvgIpc) is 2.87. The Hall–Kier alpha value is -1.36. The normalized spacial score (nSPS) is 19.1. The smallest absolute Gasteiger partial charge is 0.309 e. The molecule has 112 valence electrons. The standard InChI is InChI=1S/C15H25N3O2/c1-3-7-18-12-13(10-16-18)11-17-8-5-15(4-2,6-9-17)14(19)20/h10,12H,3-9,11H2,1-2H3,(H,19,20). The minimum Gasteiger partial charge on any atom is -0.481 e. The molecule has 1 aliphatic rings. The lowest BCUT2D eigenvalue weighted by molar-refractivity contribution is -0.152. The SMILES string of the molecule is CCCn1cc(CN2CCC(CC)(C(=O)O)CC2)cn1. The molecule has 2 rings (SSSR count). The van der Waals surface area contributed by atoms with Crippen LogP contribution in [-0.2, 0) is 17.9 Å². The van der Waals surface area contributed by atoms with E-state index >= 15 is 0 Å². The van der Waals surface area contributed by atoms with Crippen molar-refractivity contribution in [3.05, 3.63) is 18.0 Å². The third-order valence-corrected chi connectivity index (χ3v) is 4.49. The van der Waals surface area contributed by atoms with E-state index in [0.717, 1.165) is 51.9 Å². The third kappa shape index (κ3) is 3.20. The van der Waals surface area contributed by atoms with Gasteiger partial charge in [-0.3, -0.25) is 14.4 Å². The lowest BCUT2D eigenvalue weighted by Gasteiger charge is -2.38. The number of hydrogen-bond acceptors (Lipinski definition) is 3. The van der Waals surface area contributed by atoms with Gasteiger partial charge in [0.1, 0.15) is 0 Å². The van der Waals surface area contributed by atoms with Gasteiger partial charge in [0.25, 0.3) is 0 Å². The van der Waals surface area contributed by atoms with Gasteiger partial charge in [-0.15, -0.1) is 0 Å². The van der Waals surface area contributed by atoms with Gasteiger partial charge in [0.2, 0.25) is 0 Å². The Balaban J connectivity index is 1.89. The molecule has 2 heterocycles. The first kappa shape index (κ1) is 15.0. The van der Waals surface area contributed by atoms with Crippen molar-refractivity contribution >= 4 is 5.97 Å². The summed E-state index contributed by atoms with van der Waals surface area (Å²) in [5.41, 5.74) is 0.723. The molecule has 0 amide bonds. The summed E-state index contributed by atoms with van der Waals surface area (Å²) < 4.78 is 1.98. The largest absolute Gasteiger partial charge is 0.481 e. The van der Waals surface area contributed by atoms with Crippen molar-refractivity contribution in [1.29, 1.82) is 0 Å². The molecular weight excluding hydrogens is 254 g/mol. The fourth-order valence-corrected chi connectivity index (χ4v) is 2.96. The van der Waals surface area contributed by atoms with E-state index in [9.17, 15) is 9.90 Å². The van der Waals surface area contributed by atoms with E-state index in [4.69, 9.17) is 0 Å². The minimum absolute atomic E-state index is 0.497. The van der Waals surface area contributed by atoms with Gasteiger partial charge in [0, 0.05) is 24.8 Å². The van der Waals surface area contributed by atoms with Gasteiger partial charge in [-0.2, -0.15) is 5.10 Å². The van der Waals surface area contributed by atoms with Crippen LogP contribution in [0.3, 0.4) is 0 Å². The van der Waals surface area contributed by atoms with Crippen LogP contribution in [0.15, 0.2) is 12.4 Å². The first-order valence-electron chi connectivity index (χ1n) is 7.56. The van der Waals surface area contributed by atoms with E-state index < -0.39 is 11.4 Å². The lowest BCUT2D eigenvalue weighted by atomic mass is 9.76. The highest BCUT2D eigenvalue weighted by Crippen LogP contribution is 2.35. The number of carboxylic acids is 1. The fraction of sp³-hybridized carbons (Fsp3) is 0.733. The third-order valence-electron chi connectivity index (χ3n) is 4.49. The zero-order chi connectivity index (χ0) is 14.6. The Morgan fingerprint density at radius 3 is 2.65 bits per heavy atom. The van der Waals surface area contributed by atoms with Gasteiger partial charge in [0.05, 0.1) is 11.6 Å². The molecule has 0 saturated carbocycles. The van der Waals surface area contributed by atoms with E-state index in [1.807, 2.05) is 17.8 Å². The molecule has 1 aromatic heterocycles. The highest BCUT2D eigenvalue weighted by molar-refractivity contribution is 5.74. The van der Waals surface area contributed by atoms with Crippen LogP contribution in [0.5, 0.6) is 0 Å². The Morgan fingerprint density at radius 1 is 1.40 bits per heavy atom. The molecule has 5 nitrogen and oxygen atoms in total. The molecule has 0 spiro atoms. The van der Waals surface area contributed by atoms with Crippen molar-refractivity contribution in [2.75, 3.05) is 13.1 Å². The lowest BCUT2D eigenvalue weighted by Crippen LogP contribution is -2.43. The molecule has 20 heavy (non-hydrogen) atoms. The molecule has 0 unspecified atom stereocenters. The molecular formula is C15H25N3O2. The maximum atomic E-state index is 11.4. The van der Waals surface area contributed by atoms with E-state index in [1.54, 1.807) is 0 Å². The van der Waals surface area contributed by atoms with Gasteiger partial charge < -0.3 is 5.11 Å². The Kier molecular flexibility index (Phi) is 4.81. The molecule has 0 radical (unpaired) electrons. The van der Waals surface area contributed by atoms with E-state index in [1.165, 1.54) is 5.56 Å². The van der Waals surface area contributed by atoms with Gasteiger partial charge in [-0.25, -0.2) is 0 Å². The summed E-state index contributed by atoms with van der Waals surface area (Å²) in [4.78, 5) is 13.8. The van der Waals surface area contributed by atoms with Crippen LogP contribution in [0, 0.1) is 5.41 Å². The second kappa shape index (κ2) is 6.39. The molecule has 1 fully saturated rings. The van der Waals surface area contributed by atoms with Gasteiger partial charge in [-0.05, 0) is 38.8 Å². The van der Waals surface area contributed by atoms with Crippen LogP contribution in [0.25, 0.3) is 0 Å². The molecule has 0 bridgehead atoms. The zero-order valence-corrected chi connectivity index (χ0v) is 12.5. The van der Waals surface area contributed by atoms with Crippen molar-refractivity contribution in [2.24, 2.45) is 5.41 Å². The van der Waals surface area contributed by atoms with Crippen molar-refractivity contribution in [3.63, 3.8) is 0 Å². The maximum absolute atomic E-state index is 11.4. The van der Waals surface area contributed by atoms with Crippen molar-refractivity contribution in [2.45, 2.75) is 52.6 Å². The molecule has 1 saturated heterocycles. The first-order chi connectivity index (χ1) is 9.59. The molecule has 0 aliphatic carbocycles. The predicted octanol–water partition coefficient (Wildman–Crippen LogP) is 2.37. The highest BCUT2D eigenvalue weighted by Gasteiger charge is 2.39. The number of likely N-dealkylation sites (tertiary alicyclic amines) is 1. The Bertz CT molecular complexity index is 448. The monoisotopic (exact) mass is 279 g/mol. The van der Waals surface area contributed by atoms with Crippen LogP contribution < -0.4 is 0 Å². The summed E-state index contributed by atoms with van der Waals surface area (Å²) in [6.07, 6.45) is 7.34. The van der Waals surface area contributed by atoms with Crippen LogP contribution in [-0.4, -0.2) is 38.8 Å². The molecule has 1 aromatic rings. The number of carbonyl (C=O) groups is 1. The average molecular weight is 279 g/mol. The minimum atomic E-state index is -0.629. The van der Waals surface area contributed by atoms with E-state index in [0.29, 0.717) is 0 Å². The van der Waals surface area contributed by atoms with Crippen molar-refractivity contribution < 1.29 is 9.90 Å². The number of aliphatic carboxylic acids is 1. The molecule has 5 heteroatoms. The predicted molar refractivity (Wildman–Crippen MR) is 77.4 cm³/mol. The molecule has 0 atom stereocenters. The van der Waals surface area contributed by atoms with Crippen LogP contribution in [0.2, 0.25) is 0 Å². The number of aromatic nitrogens is 2. The zero-order valence-electron chi connectivity index (χ0n) is 12.5. The number of aryl methyl sites for hydroxylation is 1. The fourth-order valence-electron chi connectivity index (χ4n) is 2.96. The second-order valence-corrected chi connectivity index (χ2v) is 5.83. The Labute approximate surface area is 120 Å².